The molecule has 1 aromatic heterocycles. The second-order valence-electron chi connectivity index (χ2n) is 4.74. The molecule has 1 heterocycles. The molecule has 0 aliphatic rings. The number of hydrogen-bond donors (Lipinski definition) is 2. The van der Waals surface area contributed by atoms with Crippen molar-refractivity contribution < 1.29 is 0 Å². The highest BCUT2D eigenvalue weighted by Gasteiger charge is 2.06. The Labute approximate surface area is 122 Å². The number of nitrogens with one attached hydrogen (secondary N) is 1. The van der Waals surface area contributed by atoms with Crippen molar-refractivity contribution in [2.24, 2.45) is 5.73 Å². The van der Waals surface area contributed by atoms with Crippen LogP contribution in [-0.4, -0.2) is 9.97 Å². The Bertz CT molecular complexity index is 670. The molecule has 0 saturated carbocycles. The second kappa shape index (κ2) is 5.69. The van der Waals surface area contributed by atoms with Gasteiger partial charge in [-0.1, -0.05) is 43.0 Å². The number of rotatable bonds is 4. The van der Waals surface area contributed by atoms with E-state index in [9.17, 15) is 0 Å². The SMILES string of the molecule is CC[C@@H](N)c1ccc(Sc2nc3ccccc3[nH]2)cc1. The zero-order valence-electron chi connectivity index (χ0n) is 11.3. The van der Waals surface area contributed by atoms with Gasteiger partial charge in [0, 0.05) is 10.9 Å². The molecule has 0 spiro atoms. The van der Waals surface area contributed by atoms with Crippen molar-refractivity contribution in [3.05, 3.63) is 54.1 Å². The first-order valence-corrected chi connectivity index (χ1v) is 7.56. The van der Waals surface area contributed by atoms with Gasteiger partial charge < -0.3 is 10.7 Å². The molecule has 3 nitrogen and oxygen atoms in total. The van der Waals surface area contributed by atoms with Gasteiger partial charge in [0.05, 0.1) is 11.0 Å². The monoisotopic (exact) mass is 283 g/mol. The third-order valence-corrected chi connectivity index (χ3v) is 4.22. The number of nitrogens with two attached hydrogens (primary N) is 1. The molecule has 1 atom stereocenters. The lowest BCUT2D eigenvalue weighted by Crippen LogP contribution is -2.07. The molecule has 0 radical (unpaired) electrons. The molecule has 0 bridgehead atoms. The van der Waals surface area contributed by atoms with Crippen molar-refractivity contribution in [2.45, 2.75) is 29.4 Å². The van der Waals surface area contributed by atoms with E-state index >= 15 is 0 Å². The first-order valence-electron chi connectivity index (χ1n) is 6.74. The van der Waals surface area contributed by atoms with Crippen LogP contribution in [0.1, 0.15) is 24.9 Å². The van der Waals surface area contributed by atoms with Crippen LogP contribution < -0.4 is 5.73 Å². The van der Waals surface area contributed by atoms with E-state index in [1.165, 1.54) is 5.56 Å². The number of aromatic nitrogens is 2. The third kappa shape index (κ3) is 2.71. The Morgan fingerprint density at radius 1 is 1.15 bits per heavy atom. The van der Waals surface area contributed by atoms with E-state index in [4.69, 9.17) is 5.73 Å². The molecule has 3 aromatic rings. The van der Waals surface area contributed by atoms with Gasteiger partial charge in [-0.25, -0.2) is 4.98 Å². The summed E-state index contributed by atoms with van der Waals surface area (Å²) >= 11 is 1.63. The summed E-state index contributed by atoms with van der Waals surface area (Å²) in [6, 6.07) is 16.6. The topological polar surface area (TPSA) is 54.7 Å². The predicted molar refractivity (Wildman–Crippen MR) is 83.9 cm³/mol. The fourth-order valence-corrected chi connectivity index (χ4v) is 2.91. The average Bonchev–Trinajstić information content (AvgIpc) is 2.89. The van der Waals surface area contributed by atoms with Crippen LogP contribution >= 0.6 is 11.8 Å². The highest BCUT2D eigenvalue weighted by Crippen LogP contribution is 2.28. The third-order valence-electron chi connectivity index (χ3n) is 3.33. The first kappa shape index (κ1) is 13.2. The number of nitrogens with zero attached hydrogens (tertiary/aromatic N) is 1. The van der Waals surface area contributed by atoms with Crippen LogP contribution in [0.4, 0.5) is 0 Å². The quantitative estimate of drug-likeness (QED) is 0.757. The summed E-state index contributed by atoms with van der Waals surface area (Å²) in [7, 11) is 0. The second-order valence-corrected chi connectivity index (χ2v) is 5.81. The first-order chi connectivity index (χ1) is 9.76. The summed E-state index contributed by atoms with van der Waals surface area (Å²) in [6.45, 7) is 2.10. The predicted octanol–water partition coefficient (Wildman–Crippen LogP) is 4.12. The molecule has 0 fully saturated rings. The number of fused-ring (bicyclic) bond motifs is 1. The smallest absolute Gasteiger partial charge is 0.171 e. The highest BCUT2D eigenvalue weighted by atomic mass is 32.2. The summed E-state index contributed by atoms with van der Waals surface area (Å²) in [6.07, 6.45) is 0.954. The van der Waals surface area contributed by atoms with Crippen LogP contribution in [0.3, 0.4) is 0 Å². The summed E-state index contributed by atoms with van der Waals surface area (Å²) < 4.78 is 0. The molecular formula is C16H17N3S. The molecule has 3 rings (SSSR count). The highest BCUT2D eigenvalue weighted by molar-refractivity contribution is 7.99. The lowest BCUT2D eigenvalue weighted by molar-refractivity contribution is 0.698. The van der Waals surface area contributed by atoms with Gasteiger partial charge in [0.2, 0.25) is 0 Å². The summed E-state index contributed by atoms with van der Waals surface area (Å²) in [4.78, 5) is 9.05. The number of hydrogen-bond acceptors (Lipinski definition) is 3. The molecule has 102 valence electrons. The van der Waals surface area contributed by atoms with Gasteiger partial charge in [0.25, 0.3) is 0 Å². The molecule has 0 amide bonds. The Balaban J connectivity index is 1.80. The van der Waals surface area contributed by atoms with E-state index in [1.54, 1.807) is 11.8 Å². The van der Waals surface area contributed by atoms with Gasteiger partial charge in [-0.05, 0) is 36.2 Å². The fraction of sp³-hybridized carbons (Fsp3) is 0.188. The Kier molecular flexibility index (Phi) is 3.76. The van der Waals surface area contributed by atoms with E-state index in [0.29, 0.717) is 0 Å². The van der Waals surface area contributed by atoms with Crippen molar-refractivity contribution in [3.63, 3.8) is 0 Å². The number of aromatic amines is 1. The van der Waals surface area contributed by atoms with E-state index in [-0.39, 0.29) is 6.04 Å². The number of imidazole rings is 1. The zero-order valence-corrected chi connectivity index (χ0v) is 12.2. The van der Waals surface area contributed by atoms with Crippen LogP contribution in [0.5, 0.6) is 0 Å². The van der Waals surface area contributed by atoms with Gasteiger partial charge in [-0.2, -0.15) is 0 Å². The normalized spacial score (nSPS) is 12.7. The van der Waals surface area contributed by atoms with Crippen LogP contribution in [-0.2, 0) is 0 Å². The molecule has 0 saturated heterocycles. The molecule has 20 heavy (non-hydrogen) atoms. The van der Waals surface area contributed by atoms with Gasteiger partial charge in [0.15, 0.2) is 5.16 Å². The van der Waals surface area contributed by atoms with Crippen LogP contribution in [0, 0.1) is 0 Å². The van der Waals surface area contributed by atoms with Crippen LogP contribution in [0.2, 0.25) is 0 Å². The van der Waals surface area contributed by atoms with E-state index in [0.717, 1.165) is 27.5 Å². The van der Waals surface area contributed by atoms with E-state index < -0.39 is 0 Å². The van der Waals surface area contributed by atoms with Crippen LogP contribution in [0.25, 0.3) is 11.0 Å². The summed E-state index contributed by atoms with van der Waals surface area (Å²) in [5, 5.41) is 0.915. The van der Waals surface area contributed by atoms with E-state index in [2.05, 4.69) is 41.2 Å². The molecule has 2 aromatic carbocycles. The lowest BCUT2D eigenvalue weighted by atomic mass is 10.1. The van der Waals surface area contributed by atoms with Gasteiger partial charge in [-0.3, -0.25) is 0 Å². The van der Waals surface area contributed by atoms with Gasteiger partial charge >= 0.3 is 0 Å². The van der Waals surface area contributed by atoms with Gasteiger partial charge in [0.1, 0.15) is 0 Å². The number of para-hydroxylation sites is 2. The minimum absolute atomic E-state index is 0.125. The standard InChI is InChI=1S/C16H17N3S/c1-2-13(17)11-7-9-12(10-8-11)20-16-18-14-5-3-4-6-15(14)19-16/h3-10,13H,2,17H2,1H3,(H,18,19)/t13-/m1/s1. The lowest BCUT2D eigenvalue weighted by Gasteiger charge is -2.09. The minimum Gasteiger partial charge on any atom is -0.333 e. The maximum atomic E-state index is 6.02. The average molecular weight is 283 g/mol. The summed E-state index contributed by atoms with van der Waals surface area (Å²) in [5.41, 5.74) is 9.27. The zero-order chi connectivity index (χ0) is 13.9. The molecule has 0 unspecified atom stereocenters. The van der Waals surface area contributed by atoms with Crippen molar-refractivity contribution in [3.8, 4) is 0 Å². The number of H-pyrrole nitrogens is 1. The van der Waals surface area contributed by atoms with Gasteiger partial charge in [-0.15, -0.1) is 0 Å². The van der Waals surface area contributed by atoms with Crippen molar-refractivity contribution in [2.75, 3.05) is 0 Å². The Morgan fingerprint density at radius 3 is 2.60 bits per heavy atom. The molecule has 4 heteroatoms. The maximum Gasteiger partial charge on any atom is 0.171 e. The molecule has 0 aliphatic heterocycles. The van der Waals surface area contributed by atoms with Crippen LogP contribution in [0.15, 0.2) is 58.6 Å². The molecule has 3 N–H and O–H groups in total. The molecule has 0 aliphatic carbocycles. The maximum absolute atomic E-state index is 6.02. The van der Waals surface area contributed by atoms with E-state index in [1.807, 2.05) is 24.3 Å². The number of benzene rings is 2. The summed E-state index contributed by atoms with van der Waals surface area (Å²) in [5.74, 6) is 0. The largest absolute Gasteiger partial charge is 0.333 e. The minimum atomic E-state index is 0.125. The van der Waals surface area contributed by atoms with Crippen molar-refractivity contribution >= 4 is 22.8 Å². The molecular weight excluding hydrogens is 266 g/mol. The Hall–Kier alpha value is -1.78. The van der Waals surface area contributed by atoms with Crippen molar-refractivity contribution in [1.82, 2.24) is 9.97 Å². The fourth-order valence-electron chi connectivity index (χ4n) is 2.11. The van der Waals surface area contributed by atoms with Crippen molar-refractivity contribution in [1.29, 1.82) is 0 Å². The Morgan fingerprint density at radius 2 is 1.90 bits per heavy atom.